The highest BCUT2D eigenvalue weighted by Crippen LogP contribution is 2.25. The lowest BCUT2D eigenvalue weighted by Gasteiger charge is -2.33. The Labute approximate surface area is 158 Å². The molecule has 6 heteroatoms. The van der Waals surface area contributed by atoms with Crippen molar-refractivity contribution >= 4 is 11.6 Å². The average Bonchev–Trinajstić information content (AvgIpc) is 2.68. The molecule has 1 heterocycles. The van der Waals surface area contributed by atoms with Gasteiger partial charge in [0.2, 0.25) is 0 Å². The van der Waals surface area contributed by atoms with E-state index >= 15 is 0 Å². The zero-order chi connectivity index (χ0) is 19.2. The summed E-state index contributed by atoms with van der Waals surface area (Å²) >= 11 is 0. The summed E-state index contributed by atoms with van der Waals surface area (Å²) in [5.41, 5.74) is 1.96. The number of benzene rings is 2. The first kappa shape index (κ1) is 19.0. The molecule has 0 aliphatic carbocycles. The van der Waals surface area contributed by atoms with Crippen LogP contribution in [0.5, 0.6) is 0 Å². The Morgan fingerprint density at radius 2 is 2.00 bits per heavy atom. The second-order valence-corrected chi connectivity index (χ2v) is 6.97. The van der Waals surface area contributed by atoms with E-state index in [1.807, 2.05) is 30.3 Å². The normalized spacial score (nSPS) is 16.9. The van der Waals surface area contributed by atoms with Gasteiger partial charge in [-0.1, -0.05) is 36.4 Å². The molecule has 1 aliphatic rings. The molecule has 0 radical (unpaired) electrons. The van der Waals surface area contributed by atoms with E-state index < -0.39 is 4.92 Å². The molecule has 1 aliphatic heterocycles. The van der Waals surface area contributed by atoms with Gasteiger partial charge >= 0.3 is 0 Å². The van der Waals surface area contributed by atoms with Crippen molar-refractivity contribution in [3.8, 4) is 0 Å². The van der Waals surface area contributed by atoms with Crippen molar-refractivity contribution in [2.75, 3.05) is 19.7 Å². The summed E-state index contributed by atoms with van der Waals surface area (Å²) in [6.07, 6.45) is 1.94. The first-order valence-electron chi connectivity index (χ1n) is 9.21. The number of ether oxygens (including phenoxy) is 1. The Morgan fingerprint density at radius 3 is 2.74 bits per heavy atom. The third-order valence-electron chi connectivity index (χ3n) is 5.00. The van der Waals surface area contributed by atoms with Gasteiger partial charge in [-0.25, -0.2) is 0 Å². The van der Waals surface area contributed by atoms with Crippen molar-refractivity contribution in [3.63, 3.8) is 0 Å². The van der Waals surface area contributed by atoms with E-state index in [2.05, 4.69) is 0 Å². The fourth-order valence-corrected chi connectivity index (χ4v) is 3.53. The summed E-state index contributed by atoms with van der Waals surface area (Å²) in [4.78, 5) is 25.4. The van der Waals surface area contributed by atoms with Crippen molar-refractivity contribution in [3.05, 3.63) is 75.3 Å². The van der Waals surface area contributed by atoms with Gasteiger partial charge < -0.3 is 9.64 Å². The van der Waals surface area contributed by atoms with Crippen LogP contribution in [-0.2, 0) is 11.3 Å². The summed E-state index contributed by atoms with van der Waals surface area (Å²) in [5.74, 6) is 0.148. The van der Waals surface area contributed by atoms with Crippen LogP contribution in [0.1, 0.15) is 34.3 Å². The van der Waals surface area contributed by atoms with Crippen LogP contribution in [0.15, 0.2) is 48.5 Å². The van der Waals surface area contributed by atoms with Crippen LogP contribution in [0.2, 0.25) is 0 Å². The molecule has 2 aromatic rings. The number of hydrogen-bond acceptors (Lipinski definition) is 4. The van der Waals surface area contributed by atoms with Crippen LogP contribution in [-0.4, -0.2) is 35.4 Å². The second kappa shape index (κ2) is 8.77. The lowest BCUT2D eigenvalue weighted by Crippen LogP contribution is -2.41. The monoisotopic (exact) mass is 368 g/mol. The van der Waals surface area contributed by atoms with E-state index in [1.54, 1.807) is 24.0 Å². The van der Waals surface area contributed by atoms with Gasteiger partial charge in [-0.05, 0) is 37.3 Å². The van der Waals surface area contributed by atoms with Crippen LogP contribution in [0.4, 0.5) is 5.69 Å². The second-order valence-electron chi connectivity index (χ2n) is 6.97. The Hall–Kier alpha value is -2.73. The van der Waals surface area contributed by atoms with E-state index in [9.17, 15) is 14.9 Å². The molecule has 6 nitrogen and oxygen atoms in total. The molecule has 3 rings (SSSR count). The zero-order valence-electron chi connectivity index (χ0n) is 15.5. The topological polar surface area (TPSA) is 72.7 Å². The molecule has 27 heavy (non-hydrogen) atoms. The largest absolute Gasteiger partial charge is 0.376 e. The van der Waals surface area contributed by atoms with Gasteiger partial charge in [-0.3, -0.25) is 14.9 Å². The Kier molecular flexibility index (Phi) is 6.19. The minimum absolute atomic E-state index is 0.0133. The highest BCUT2D eigenvalue weighted by molar-refractivity contribution is 5.96. The molecule has 2 aromatic carbocycles. The number of hydrogen-bond donors (Lipinski definition) is 0. The van der Waals surface area contributed by atoms with E-state index in [4.69, 9.17) is 4.74 Å². The van der Waals surface area contributed by atoms with Crippen molar-refractivity contribution in [1.82, 2.24) is 4.90 Å². The molecule has 1 unspecified atom stereocenters. The fraction of sp³-hybridized carbons (Fsp3) is 0.381. The van der Waals surface area contributed by atoms with Crippen molar-refractivity contribution in [1.29, 1.82) is 0 Å². The minimum Gasteiger partial charge on any atom is -0.376 e. The van der Waals surface area contributed by atoms with Gasteiger partial charge in [0, 0.05) is 30.3 Å². The third kappa shape index (κ3) is 4.71. The molecule has 1 saturated heterocycles. The van der Waals surface area contributed by atoms with Crippen molar-refractivity contribution in [2.45, 2.75) is 26.4 Å². The number of carbonyl (C=O) groups excluding carboxylic acids is 1. The van der Waals surface area contributed by atoms with Crippen LogP contribution < -0.4 is 0 Å². The van der Waals surface area contributed by atoms with Gasteiger partial charge in [-0.15, -0.1) is 0 Å². The minimum atomic E-state index is -0.442. The highest BCUT2D eigenvalue weighted by atomic mass is 16.6. The number of nitrogens with zero attached hydrogens (tertiary/aromatic N) is 2. The third-order valence-corrected chi connectivity index (χ3v) is 5.00. The van der Waals surface area contributed by atoms with Crippen LogP contribution in [0, 0.1) is 23.0 Å². The van der Waals surface area contributed by atoms with Crippen LogP contribution >= 0.6 is 0 Å². The smallest absolute Gasteiger partial charge is 0.273 e. The Balaban J connectivity index is 1.60. The van der Waals surface area contributed by atoms with Crippen LogP contribution in [0.25, 0.3) is 0 Å². The molecular weight excluding hydrogens is 344 g/mol. The molecular formula is C21H24N2O4. The van der Waals surface area contributed by atoms with E-state index in [0.29, 0.717) is 37.4 Å². The SMILES string of the molecule is Cc1c(C(=O)N2CCCC(COCc3ccccc3)C2)cccc1[N+](=O)[O-]. The molecule has 0 spiro atoms. The quantitative estimate of drug-likeness (QED) is 0.571. The van der Waals surface area contributed by atoms with E-state index in [1.165, 1.54) is 6.07 Å². The average molecular weight is 368 g/mol. The highest BCUT2D eigenvalue weighted by Gasteiger charge is 2.27. The predicted molar refractivity (Wildman–Crippen MR) is 103 cm³/mol. The first-order valence-corrected chi connectivity index (χ1v) is 9.21. The van der Waals surface area contributed by atoms with Gasteiger partial charge in [0.05, 0.1) is 18.1 Å². The van der Waals surface area contributed by atoms with Crippen LogP contribution in [0.3, 0.4) is 0 Å². The van der Waals surface area contributed by atoms with Crippen molar-refractivity contribution in [2.24, 2.45) is 5.92 Å². The molecule has 1 atom stereocenters. The number of carbonyl (C=O) groups is 1. The van der Waals surface area contributed by atoms with E-state index in [0.717, 1.165) is 18.4 Å². The maximum absolute atomic E-state index is 12.9. The molecule has 1 fully saturated rings. The molecule has 1 amide bonds. The Morgan fingerprint density at radius 1 is 1.22 bits per heavy atom. The summed E-state index contributed by atoms with van der Waals surface area (Å²) in [6, 6.07) is 14.7. The van der Waals surface area contributed by atoms with Crippen molar-refractivity contribution < 1.29 is 14.5 Å². The lowest BCUT2D eigenvalue weighted by molar-refractivity contribution is -0.385. The predicted octanol–water partition coefficient (Wildman–Crippen LogP) is 3.97. The number of likely N-dealkylation sites (tertiary alicyclic amines) is 1. The summed E-state index contributed by atoms with van der Waals surface area (Å²) in [5, 5.41) is 11.1. The molecule has 0 saturated carbocycles. The number of amides is 1. The number of nitro groups is 1. The lowest BCUT2D eigenvalue weighted by atomic mass is 9.97. The number of rotatable bonds is 6. The Bertz CT molecular complexity index is 807. The fourth-order valence-electron chi connectivity index (χ4n) is 3.53. The van der Waals surface area contributed by atoms with Gasteiger partial charge in [0.1, 0.15) is 0 Å². The summed E-state index contributed by atoms with van der Waals surface area (Å²) in [7, 11) is 0. The standard InChI is InChI=1S/C21H24N2O4/c1-16-19(10-5-11-20(16)23(25)26)21(24)22-12-6-9-18(13-22)15-27-14-17-7-3-2-4-8-17/h2-5,7-8,10-11,18H,6,9,12-15H2,1H3. The maximum atomic E-state index is 12.9. The maximum Gasteiger partial charge on any atom is 0.273 e. The summed E-state index contributed by atoms with van der Waals surface area (Å²) in [6.45, 7) is 4.10. The van der Waals surface area contributed by atoms with Gasteiger partial charge in [-0.2, -0.15) is 0 Å². The van der Waals surface area contributed by atoms with Gasteiger partial charge in [0.15, 0.2) is 0 Å². The molecule has 0 aromatic heterocycles. The summed E-state index contributed by atoms with van der Waals surface area (Å²) < 4.78 is 5.84. The number of nitro benzene ring substituents is 1. The molecule has 0 N–H and O–H groups in total. The zero-order valence-corrected chi connectivity index (χ0v) is 15.5. The number of piperidine rings is 1. The van der Waals surface area contributed by atoms with E-state index in [-0.39, 0.29) is 17.5 Å². The molecule has 142 valence electrons. The first-order chi connectivity index (χ1) is 13.1. The van der Waals surface area contributed by atoms with Gasteiger partial charge in [0.25, 0.3) is 11.6 Å². The molecule has 0 bridgehead atoms.